The number of aromatic nitrogens is 1. The molecule has 0 spiro atoms. The lowest BCUT2D eigenvalue weighted by atomic mass is 10.3. The number of halogens is 1. The van der Waals surface area contributed by atoms with Gasteiger partial charge in [0.1, 0.15) is 5.15 Å². The Labute approximate surface area is 77.0 Å². The van der Waals surface area contributed by atoms with Gasteiger partial charge in [0, 0.05) is 17.4 Å². The normalized spacial score (nSPS) is 18.8. The average Bonchev–Trinajstić information content (AvgIpc) is 2.67. The summed E-state index contributed by atoms with van der Waals surface area (Å²) < 4.78 is 0. The zero-order valence-electron chi connectivity index (χ0n) is 6.97. The molecule has 0 aromatic carbocycles. The molecule has 3 heteroatoms. The molecule has 1 heterocycles. The third-order valence-corrected chi connectivity index (χ3v) is 2.38. The molecule has 1 saturated carbocycles. The zero-order chi connectivity index (χ0) is 8.60. The van der Waals surface area contributed by atoms with E-state index in [4.69, 9.17) is 11.6 Å². The Bertz CT molecular complexity index is 294. The summed E-state index contributed by atoms with van der Waals surface area (Å²) in [5.74, 6) is 0. The van der Waals surface area contributed by atoms with Gasteiger partial charge in [-0.15, -0.1) is 0 Å². The highest BCUT2D eigenvalue weighted by Gasteiger charge is 2.36. The molecule has 0 amide bonds. The standard InChI is InChI=1S/C9H11ClN2/c1-9(3-4-9)12-7-2-5-11-8(10)6-7/h2,5-6H,3-4H2,1H3,(H,11,12). The first-order valence-corrected chi connectivity index (χ1v) is 4.46. The molecule has 2 rings (SSSR count). The first kappa shape index (κ1) is 7.87. The summed E-state index contributed by atoms with van der Waals surface area (Å²) >= 11 is 5.74. The number of nitrogens with zero attached hydrogens (tertiary/aromatic N) is 1. The van der Waals surface area contributed by atoms with Gasteiger partial charge in [0.25, 0.3) is 0 Å². The van der Waals surface area contributed by atoms with Gasteiger partial charge in [-0.2, -0.15) is 0 Å². The third-order valence-electron chi connectivity index (χ3n) is 2.17. The van der Waals surface area contributed by atoms with E-state index in [1.54, 1.807) is 6.20 Å². The molecule has 12 heavy (non-hydrogen) atoms. The molecular weight excluding hydrogens is 172 g/mol. The van der Waals surface area contributed by atoms with Gasteiger partial charge in [0.05, 0.1) is 0 Å². The van der Waals surface area contributed by atoms with Crippen molar-refractivity contribution in [2.24, 2.45) is 0 Å². The van der Waals surface area contributed by atoms with Gasteiger partial charge in [-0.3, -0.25) is 0 Å². The molecule has 0 saturated heterocycles. The van der Waals surface area contributed by atoms with Crippen LogP contribution in [-0.2, 0) is 0 Å². The summed E-state index contributed by atoms with van der Waals surface area (Å²) in [5.41, 5.74) is 1.38. The topological polar surface area (TPSA) is 24.9 Å². The molecule has 1 aliphatic carbocycles. The smallest absolute Gasteiger partial charge is 0.131 e. The van der Waals surface area contributed by atoms with Crippen LogP contribution < -0.4 is 5.32 Å². The predicted molar refractivity (Wildman–Crippen MR) is 50.5 cm³/mol. The van der Waals surface area contributed by atoms with E-state index in [1.807, 2.05) is 12.1 Å². The number of rotatable bonds is 2. The van der Waals surface area contributed by atoms with Crippen molar-refractivity contribution in [3.05, 3.63) is 23.5 Å². The van der Waals surface area contributed by atoms with Crippen molar-refractivity contribution in [3.63, 3.8) is 0 Å². The monoisotopic (exact) mass is 182 g/mol. The molecule has 1 aromatic rings. The Morgan fingerprint density at radius 2 is 2.33 bits per heavy atom. The Balaban J connectivity index is 2.12. The highest BCUT2D eigenvalue weighted by Crippen LogP contribution is 2.38. The average molecular weight is 183 g/mol. The molecule has 1 fully saturated rings. The highest BCUT2D eigenvalue weighted by atomic mass is 35.5. The lowest BCUT2D eigenvalue weighted by molar-refractivity contribution is 0.829. The number of nitrogens with one attached hydrogen (secondary N) is 1. The molecule has 0 atom stereocenters. The Kier molecular flexibility index (Phi) is 1.72. The van der Waals surface area contributed by atoms with Crippen molar-refractivity contribution in [2.75, 3.05) is 5.32 Å². The fourth-order valence-electron chi connectivity index (χ4n) is 1.14. The second kappa shape index (κ2) is 2.63. The molecule has 1 N–H and O–H groups in total. The summed E-state index contributed by atoms with van der Waals surface area (Å²) in [5, 5.41) is 3.95. The van der Waals surface area contributed by atoms with Crippen LogP contribution in [0.3, 0.4) is 0 Å². The second-order valence-electron chi connectivity index (χ2n) is 3.55. The maximum atomic E-state index is 5.74. The van der Waals surface area contributed by atoms with Crippen LogP contribution in [0, 0.1) is 0 Å². The first-order valence-electron chi connectivity index (χ1n) is 4.08. The molecule has 1 aromatic heterocycles. The van der Waals surface area contributed by atoms with E-state index in [-0.39, 0.29) is 0 Å². The first-order chi connectivity index (χ1) is 5.68. The Morgan fingerprint density at radius 3 is 2.92 bits per heavy atom. The summed E-state index contributed by atoms with van der Waals surface area (Å²) in [6, 6.07) is 3.79. The molecule has 2 nitrogen and oxygen atoms in total. The van der Waals surface area contributed by atoms with Gasteiger partial charge >= 0.3 is 0 Å². The highest BCUT2D eigenvalue weighted by molar-refractivity contribution is 6.29. The summed E-state index contributed by atoms with van der Waals surface area (Å²) in [6.45, 7) is 2.21. The van der Waals surface area contributed by atoms with Gasteiger partial charge in [-0.25, -0.2) is 4.98 Å². The van der Waals surface area contributed by atoms with Gasteiger partial charge in [-0.1, -0.05) is 11.6 Å². The van der Waals surface area contributed by atoms with Crippen LogP contribution in [0.15, 0.2) is 18.3 Å². The molecule has 0 bridgehead atoms. The Morgan fingerprint density at radius 1 is 1.58 bits per heavy atom. The number of anilines is 1. The van der Waals surface area contributed by atoms with Crippen LogP contribution in [-0.4, -0.2) is 10.5 Å². The van der Waals surface area contributed by atoms with Crippen LogP contribution in [0.25, 0.3) is 0 Å². The molecule has 1 aliphatic rings. The fraction of sp³-hybridized carbons (Fsp3) is 0.444. The molecule has 64 valence electrons. The van der Waals surface area contributed by atoms with E-state index in [1.165, 1.54) is 12.8 Å². The molecule has 0 unspecified atom stereocenters. The largest absolute Gasteiger partial charge is 0.380 e. The van der Waals surface area contributed by atoms with Crippen molar-refractivity contribution >= 4 is 17.3 Å². The van der Waals surface area contributed by atoms with Crippen molar-refractivity contribution in [3.8, 4) is 0 Å². The maximum absolute atomic E-state index is 5.74. The number of pyridine rings is 1. The van der Waals surface area contributed by atoms with Gasteiger partial charge in [-0.05, 0) is 31.9 Å². The van der Waals surface area contributed by atoms with Crippen LogP contribution in [0.4, 0.5) is 5.69 Å². The van der Waals surface area contributed by atoms with Crippen LogP contribution in [0.2, 0.25) is 5.15 Å². The van der Waals surface area contributed by atoms with Gasteiger partial charge in [0.2, 0.25) is 0 Å². The lowest BCUT2D eigenvalue weighted by Crippen LogP contribution is -2.15. The van der Waals surface area contributed by atoms with Gasteiger partial charge < -0.3 is 5.32 Å². The van der Waals surface area contributed by atoms with Crippen molar-refractivity contribution < 1.29 is 0 Å². The summed E-state index contributed by atoms with van der Waals surface area (Å²) in [6.07, 6.45) is 4.20. The number of hydrogen-bond donors (Lipinski definition) is 1. The summed E-state index contributed by atoms with van der Waals surface area (Å²) in [7, 11) is 0. The summed E-state index contributed by atoms with van der Waals surface area (Å²) in [4.78, 5) is 3.92. The predicted octanol–water partition coefficient (Wildman–Crippen LogP) is 2.70. The maximum Gasteiger partial charge on any atom is 0.131 e. The van der Waals surface area contributed by atoms with Crippen LogP contribution in [0.5, 0.6) is 0 Å². The van der Waals surface area contributed by atoms with E-state index in [2.05, 4.69) is 17.2 Å². The zero-order valence-corrected chi connectivity index (χ0v) is 7.73. The minimum atomic E-state index is 0.310. The molecular formula is C9H11ClN2. The number of hydrogen-bond acceptors (Lipinski definition) is 2. The third kappa shape index (κ3) is 1.69. The van der Waals surface area contributed by atoms with E-state index in [0.29, 0.717) is 10.7 Å². The quantitative estimate of drug-likeness (QED) is 0.712. The minimum absolute atomic E-state index is 0.310. The van der Waals surface area contributed by atoms with Crippen molar-refractivity contribution in [1.82, 2.24) is 4.98 Å². The minimum Gasteiger partial charge on any atom is -0.380 e. The fourth-order valence-corrected chi connectivity index (χ4v) is 1.32. The van der Waals surface area contributed by atoms with E-state index >= 15 is 0 Å². The SMILES string of the molecule is CC1(Nc2ccnc(Cl)c2)CC1. The second-order valence-corrected chi connectivity index (χ2v) is 3.94. The lowest BCUT2D eigenvalue weighted by Gasteiger charge is -2.12. The van der Waals surface area contributed by atoms with Crippen LogP contribution in [0.1, 0.15) is 19.8 Å². The van der Waals surface area contributed by atoms with E-state index in [9.17, 15) is 0 Å². The molecule has 0 aliphatic heterocycles. The van der Waals surface area contributed by atoms with E-state index < -0.39 is 0 Å². The Hall–Kier alpha value is -0.760. The van der Waals surface area contributed by atoms with E-state index in [0.717, 1.165) is 5.69 Å². The molecule has 0 radical (unpaired) electrons. The van der Waals surface area contributed by atoms with Crippen molar-refractivity contribution in [2.45, 2.75) is 25.3 Å². The van der Waals surface area contributed by atoms with Crippen molar-refractivity contribution in [1.29, 1.82) is 0 Å². The van der Waals surface area contributed by atoms with Gasteiger partial charge in [0.15, 0.2) is 0 Å². The van der Waals surface area contributed by atoms with Crippen LogP contribution >= 0.6 is 11.6 Å².